The minimum absolute atomic E-state index is 0. The Morgan fingerprint density at radius 3 is 1.00 bits per heavy atom. The number of nitrogen functional groups attached to an aromatic ring is 1. The smallest absolute Gasteiger partial charge is 0.412 e. The third-order valence-electron chi connectivity index (χ3n) is 15.7. The van der Waals surface area contributed by atoms with Gasteiger partial charge in [0.1, 0.15) is 15.7 Å². The summed E-state index contributed by atoms with van der Waals surface area (Å²) in [6.07, 6.45) is 33.9. The number of aliphatic hydroxyl groups is 3. The number of rotatable bonds is 36. The van der Waals surface area contributed by atoms with Crippen LogP contribution in [0.15, 0.2) is 147 Å². The van der Waals surface area contributed by atoms with Crippen LogP contribution in [0.25, 0.3) is 18.2 Å². The van der Waals surface area contributed by atoms with Crippen LogP contribution in [0.4, 0.5) is 37.1 Å². The van der Waals surface area contributed by atoms with Crippen LogP contribution in [0.2, 0.25) is 26.6 Å². The first-order chi connectivity index (χ1) is 52.6. The average molecular weight is 1940 g/mol. The number of nitrogens with one attached hydrogen (secondary N) is 3. The van der Waals surface area contributed by atoms with Crippen molar-refractivity contribution < 1.29 is 72.5 Å². The van der Waals surface area contributed by atoms with Gasteiger partial charge in [-0.25, -0.2) is 24.0 Å². The van der Waals surface area contributed by atoms with Crippen LogP contribution < -0.4 is 21.7 Å². The number of hydrogen-bond acceptors (Lipinski definition) is 16. The van der Waals surface area contributed by atoms with Gasteiger partial charge >= 0.3 is 306 Å². The summed E-state index contributed by atoms with van der Waals surface area (Å²) in [5.74, 6) is 1.12. The quantitative estimate of drug-likeness (QED) is 0.00424. The fourth-order valence-corrected chi connectivity index (χ4v) is 35.4. The summed E-state index contributed by atoms with van der Waals surface area (Å²) in [5.41, 5.74) is 11.1. The molecule has 0 spiro atoms. The number of carbonyl (C=O) groups excluding carboxylic acids is 6. The summed E-state index contributed by atoms with van der Waals surface area (Å²) in [5, 5.41) is 34.2. The van der Waals surface area contributed by atoms with E-state index in [0.29, 0.717) is 35.8 Å². The largest absolute Gasteiger partial charge is 0.462 e. The molecule has 0 fully saturated rings. The van der Waals surface area contributed by atoms with Gasteiger partial charge in [-0.05, 0) is 168 Å². The second-order valence-corrected chi connectivity index (χ2v) is 52.8. The van der Waals surface area contributed by atoms with Gasteiger partial charge in [-0.2, -0.15) is 0 Å². The second kappa shape index (κ2) is 75.4. The third kappa shape index (κ3) is 68.6. The molecule has 0 saturated carbocycles. The van der Waals surface area contributed by atoms with Crippen LogP contribution in [-0.2, 0) is 42.8 Å². The molecule has 4 rings (SSSR count). The van der Waals surface area contributed by atoms with Crippen LogP contribution in [0, 0.1) is 12.3 Å². The number of esters is 3. The number of anilines is 4. The third-order valence-corrected chi connectivity index (χ3v) is 40.8. The minimum Gasteiger partial charge on any atom is -0.462 e. The number of halogens is 2. The van der Waals surface area contributed by atoms with Crippen molar-refractivity contribution in [1.29, 1.82) is 0 Å². The zero-order chi connectivity index (χ0) is 84.1. The first-order valence-electron chi connectivity index (χ1n) is 39.4. The van der Waals surface area contributed by atoms with E-state index in [4.69, 9.17) is 51.2 Å². The van der Waals surface area contributed by atoms with Gasteiger partial charge in [0.05, 0.1) is 50.8 Å². The standard InChI is InChI=1S/C19H25NO5.C14H17NO3.C13H16NO2.C13H15NO2.C6H9BrO3.6C4H9.5CH4.ClH.2Sn.H/c1-5-24-17(22)15(12-13-21)9-6-14-7-10-16(11-8-14)20-18(23)25-19(2,3)4;1-2-18-14(17)12(9-10-16)6-3-11-4-7-13(15)8-5-11;2*1-5-10-6-8-11(9-7-10)14-12(15)16-13(2,3)4;1-2-10-6(9)5(7)3-4-8;6*1-3-4-2;;;;;;;;;/h6-12,21H,5,13H2,1-4H3,(H,20,23);3-9,16H,2,10,15H2,1H3;1,5-9H,2-4H3,(H,14,15);1,6-9H,2-4H3,(H,14,15);3,8H,2,4H2,1H3;6*1,3-4H2,2H3;5*1H4;1H;;;/b9-6+,15-12+;6-3+,12-9+;;;5-3-;;;;;;;;;;;;;;;. The molecule has 23 heteroatoms. The molecular formula is C94H158BrClN4O15Sn2. The summed E-state index contributed by atoms with van der Waals surface area (Å²) in [4.78, 5) is 69.0. The molecule has 0 atom stereocenters. The summed E-state index contributed by atoms with van der Waals surface area (Å²) in [7, 11) is 0. The van der Waals surface area contributed by atoms with Crippen molar-refractivity contribution in [1.82, 2.24) is 0 Å². The number of amides is 3. The van der Waals surface area contributed by atoms with Crippen molar-refractivity contribution in [3.63, 3.8) is 0 Å². The van der Waals surface area contributed by atoms with Crippen LogP contribution in [-0.4, -0.2) is 146 Å². The fraction of sp³-hybridized carbons (Fsp3) is 0.532. The van der Waals surface area contributed by atoms with Crippen molar-refractivity contribution in [3.05, 3.63) is 169 Å². The normalized spacial score (nSPS) is 11.1. The van der Waals surface area contributed by atoms with Gasteiger partial charge in [0.2, 0.25) is 0 Å². The van der Waals surface area contributed by atoms with Crippen molar-refractivity contribution in [2.75, 3.05) is 61.3 Å². The van der Waals surface area contributed by atoms with E-state index in [1.165, 1.54) is 114 Å². The number of benzene rings is 4. The number of carbonyl (C=O) groups is 6. The van der Waals surface area contributed by atoms with Gasteiger partial charge in [-0.15, -0.1) is 18.8 Å². The van der Waals surface area contributed by atoms with Crippen LogP contribution in [0.5, 0.6) is 0 Å². The molecule has 4 aromatic carbocycles. The van der Waals surface area contributed by atoms with Gasteiger partial charge in [-0.3, -0.25) is 10.6 Å². The molecule has 0 radical (unpaired) electrons. The van der Waals surface area contributed by atoms with Crippen LogP contribution in [0.1, 0.15) is 261 Å². The molecule has 8 N–H and O–H groups in total. The molecule has 4 aromatic rings. The van der Waals surface area contributed by atoms with Crippen LogP contribution >= 0.6 is 28.3 Å². The van der Waals surface area contributed by atoms with E-state index in [0.717, 1.165) is 22.4 Å². The molecule has 0 aromatic heterocycles. The average Bonchev–Trinajstić information content (AvgIpc) is 1.09. The van der Waals surface area contributed by atoms with Crippen molar-refractivity contribution >= 4 is 144 Å². The number of hydrogen-bond donors (Lipinski definition) is 7. The monoisotopic (exact) mass is 1940 g/mol. The zero-order valence-corrected chi connectivity index (χ0v) is 79.2. The molecule has 3 amide bonds. The summed E-state index contributed by atoms with van der Waals surface area (Å²) in [6, 6.07) is 29.4. The Labute approximate surface area is 735 Å². The second-order valence-electron chi connectivity index (χ2n) is 29.1. The Balaban J connectivity index is -0.000000207. The van der Waals surface area contributed by atoms with E-state index in [2.05, 4.69) is 106 Å². The summed E-state index contributed by atoms with van der Waals surface area (Å²) >= 11 is -0.281. The van der Waals surface area contributed by atoms with Gasteiger partial charge < -0.3 is 44.7 Å². The van der Waals surface area contributed by atoms with Crippen LogP contribution in [0.3, 0.4) is 0 Å². The Kier molecular flexibility index (Phi) is 81.0. The number of ether oxygens (including phenoxy) is 6. The number of terminal acetylenes is 1. The molecule has 0 aliphatic carbocycles. The van der Waals surface area contributed by atoms with E-state index in [1.54, 1.807) is 140 Å². The van der Waals surface area contributed by atoms with E-state index >= 15 is 0 Å². The topological polar surface area (TPSA) is 281 Å². The molecule has 117 heavy (non-hydrogen) atoms. The molecule has 666 valence electrons. The van der Waals surface area contributed by atoms with Gasteiger partial charge in [0, 0.05) is 22.6 Å². The SMILES string of the molecule is C.C.C.C.C.C#Cc1ccc(NC(=O)OC(C)(C)C)cc1.CCC[CH2][SnH]([CH2]CCC)[CH2]CCC.CCC[CH2][Sn](/[CH]=C/c1ccc(NC(=O)OC(C)(C)C)cc1)([CH2]CCC)[CH2]CCC.CCOC(=O)/C(Br)=C/CO.CCOC(=O)C(/C=C/c1ccc(N)cc1)=C/CO.CCOC(=O)C(/C=C/c1ccc(NC(=O)OC(C)(C)C)cc1)=C/CO.Cl. The predicted octanol–water partition coefficient (Wildman–Crippen LogP) is 25.8. The Morgan fingerprint density at radius 1 is 0.444 bits per heavy atom. The molecule has 0 bridgehead atoms. The van der Waals surface area contributed by atoms with Crippen molar-refractivity contribution in [2.24, 2.45) is 0 Å². The fourth-order valence-electron chi connectivity index (χ4n) is 10.1. The summed E-state index contributed by atoms with van der Waals surface area (Å²) < 4.78 is 42.5. The van der Waals surface area contributed by atoms with Gasteiger partial charge in [0.15, 0.2) is 0 Å². The first-order valence-corrected chi connectivity index (χ1v) is 54.9. The molecule has 0 heterocycles. The van der Waals surface area contributed by atoms with Crippen molar-refractivity contribution in [2.45, 2.75) is 282 Å². The predicted molar refractivity (Wildman–Crippen MR) is 511 cm³/mol. The van der Waals surface area contributed by atoms with E-state index in [9.17, 15) is 28.8 Å². The Bertz CT molecular complexity index is 3420. The molecular weight excluding hydrogens is 1780 g/mol. The number of aliphatic hydroxyl groups excluding tert-OH is 3. The zero-order valence-electron chi connectivity index (χ0n) is 70.7. The Hall–Kier alpha value is -6.85. The Morgan fingerprint density at radius 2 is 0.726 bits per heavy atom. The van der Waals surface area contributed by atoms with Crippen molar-refractivity contribution in [3.8, 4) is 12.3 Å². The molecule has 0 aliphatic heterocycles. The number of nitrogens with two attached hydrogens (primary N) is 1. The molecule has 0 unspecified atom stereocenters. The maximum absolute atomic E-state index is 11.9. The van der Waals surface area contributed by atoms with E-state index in [1.807, 2.05) is 65.8 Å². The molecule has 0 saturated heterocycles. The van der Waals surface area contributed by atoms with E-state index in [-0.39, 0.29) is 86.0 Å². The minimum atomic E-state index is -2.24. The molecule has 19 nitrogen and oxygen atoms in total. The maximum atomic E-state index is 11.9. The molecule has 0 aliphatic rings. The summed E-state index contributed by atoms with van der Waals surface area (Å²) in [6.45, 7) is 35.8. The van der Waals surface area contributed by atoms with Gasteiger partial charge in [0.25, 0.3) is 0 Å². The number of unbranched alkanes of at least 4 members (excludes halogenated alkanes) is 6. The van der Waals surface area contributed by atoms with E-state index < -0.39 is 91.1 Å². The van der Waals surface area contributed by atoms with Gasteiger partial charge in [-0.1, -0.05) is 79.5 Å². The maximum Gasteiger partial charge on any atom is 0.412 e. The first kappa shape index (κ1) is 126.